The van der Waals surface area contributed by atoms with Crippen LogP contribution in [0.4, 0.5) is 13.2 Å². The molecule has 0 radical (unpaired) electrons. The monoisotopic (exact) mass is 358 g/mol. The number of fused-ring (bicyclic) bond motifs is 1. The van der Waals surface area contributed by atoms with Gasteiger partial charge in [0.1, 0.15) is 10.7 Å². The van der Waals surface area contributed by atoms with E-state index < -0.39 is 11.9 Å². The number of halogens is 3. The quantitative estimate of drug-likeness (QED) is 0.848. The number of rotatable bonds is 3. The summed E-state index contributed by atoms with van der Waals surface area (Å²) in [5.41, 5.74) is 1.49. The number of aromatic nitrogens is 3. The molecule has 1 aliphatic rings. The second kappa shape index (κ2) is 6.19. The van der Waals surface area contributed by atoms with Crippen LogP contribution in [0, 0.1) is 12.8 Å². The van der Waals surface area contributed by atoms with E-state index in [1.54, 1.807) is 28.9 Å². The first-order valence-electron chi connectivity index (χ1n) is 7.54. The van der Waals surface area contributed by atoms with Gasteiger partial charge in [0.25, 0.3) is 5.91 Å². The number of carbonyl (C=O) groups is 1. The third-order valence-corrected chi connectivity index (χ3v) is 5.12. The van der Waals surface area contributed by atoms with Crippen LogP contribution in [-0.4, -0.2) is 38.9 Å². The summed E-state index contributed by atoms with van der Waals surface area (Å²) in [7, 11) is 1.71. The molecular weight excluding hydrogens is 341 g/mol. The molecule has 0 aliphatic carbocycles. The summed E-state index contributed by atoms with van der Waals surface area (Å²) in [5.74, 6) is 0.475. The first kappa shape index (κ1) is 16.9. The molecule has 2 aromatic rings. The van der Waals surface area contributed by atoms with Crippen molar-refractivity contribution in [2.75, 3.05) is 13.6 Å². The van der Waals surface area contributed by atoms with Crippen LogP contribution in [0.2, 0.25) is 0 Å². The molecule has 2 aromatic heterocycles. The van der Waals surface area contributed by atoms with Gasteiger partial charge in [-0.25, -0.2) is 9.97 Å². The minimum atomic E-state index is -4.42. The standard InChI is InChI=1S/C15H17F3N4OS/c1-9-13(24-8-19-9)14(23)21(2)5-10-3-4-12-20-11(15(16,17)18)7-22(12)6-10/h7-8,10H,3-6H2,1-2H3/t10-/m0/s1. The maximum atomic E-state index is 12.7. The van der Waals surface area contributed by atoms with Gasteiger partial charge in [-0.15, -0.1) is 11.3 Å². The van der Waals surface area contributed by atoms with Gasteiger partial charge in [-0.3, -0.25) is 4.79 Å². The van der Waals surface area contributed by atoms with Crippen molar-refractivity contribution in [3.8, 4) is 0 Å². The van der Waals surface area contributed by atoms with E-state index in [1.165, 1.54) is 11.3 Å². The highest BCUT2D eigenvalue weighted by atomic mass is 32.1. The van der Waals surface area contributed by atoms with E-state index in [0.717, 1.165) is 6.20 Å². The van der Waals surface area contributed by atoms with Crippen LogP contribution in [0.1, 0.15) is 33.3 Å². The zero-order chi connectivity index (χ0) is 17.5. The predicted octanol–water partition coefficient (Wildman–Crippen LogP) is 3.00. The van der Waals surface area contributed by atoms with Crippen molar-refractivity contribution in [1.82, 2.24) is 19.4 Å². The van der Waals surface area contributed by atoms with Crippen LogP contribution >= 0.6 is 11.3 Å². The molecule has 1 amide bonds. The molecule has 0 saturated heterocycles. The van der Waals surface area contributed by atoms with Crippen molar-refractivity contribution < 1.29 is 18.0 Å². The van der Waals surface area contributed by atoms with Crippen molar-refractivity contribution in [3.63, 3.8) is 0 Å². The van der Waals surface area contributed by atoms with Gasteiger partial charge in [0.05, 0.1) is 11.2 Å². The number of imidazole rings is 1. The number of alkyl halides is 3. The Morgan fingerprint density at radius 1 is 1.50 bits per heavy atom. The van der Waals surface area contributed by atoms with Gasteiger partial charge in [0, 0.05) is 32.8 Å². The summed E-state index contributed by atoms with van der Waals surface area (Å²) in [6.45, 7) is 2.72. The summed E-state index contributed by atoms with van der Waals surface area (Å²) in [6.07, 6.45) is -2.15. The molecule has 0 aromatic carbocycles. The number of carbonyl (C=O) groups excluding carboxylic acids is 1. The molecule has 3 rings (SSSR count). The molecule has 130 valence electrons. The normalized spacial score (nSPS) is 17.6. The predicted molar refractivity (Wildman–Crippen MR) is 82.9 cm³/mol. The molecule has 9 heteroatoms. The Morgan fingerprint density at radius 3 is 2.88 bits per heavy atom. The topological polar surface area (TPSA) is 51.0 Å². The minimum Gasteiger partial charge on any atom is -0.341 e. The average molecular weight is 358 g/mol. The lowest BCUT2D eigenvalue weighted by molar-refractivity contribution is -0.141. The van der Waals surface area contributed by atoms with E-state index in [1.807, 2.05) is 0 Å². The Balaban J connectivity index is 1.66. The van der Waals surface area contributed by atoms with Gasteiger partial charge in [-0.1, -0.05) is 0 Å². The number of aryl methyl sites for hydroxylation is 2. The first-order valence-corrected chi connectivity index (χ1v) is 8.42. The lowest BCUT2D eigenvalue weighted by atomic mass is 9.99. The van der Waals surface area contributed by atoms with Gasteiger partial charge < -0.3 is 9.47 Å². The van der Waals surface area contributed by atoms with Crippen molar-refractivity contribution >= 4 is 17.2 Å². The van der Waals surface area contributed by atoms with Crippen molar-refractivity contribution in [3.05, 3.63) is 33.8 Å². The molecule has 5 nitrogen and oxygen atoms in total. The second-order valence-electron chi connectivity index (χ2n) is 6.05. The summed E-state index contributed by atoms with van der Waals surface area (Å²) in [6, 6.07) is 0. The molecule has 0 N–H and O–H groups in total. The maximum absolute atomic E-state index is 12.7. The van der Waals surface area contributed by atoms with Crippen molar-refractivity contribution in [1.29, 1.82) is 0 Å². The molecule has 0 spiro atoms. The fourth-order valence-corrected chi connectivity index (χ4v) is 3.75. The number of amides is 1. The molecule has 0 fully saturated rings. The molecular formula is C15H17F3N4OS. The Kier molecular flexibility index (Phi) is 4.37. The zero-order valence-corrected chi connectivity index (χ0v) is 14.1. The van der Waals surface area contributed by atoms with Crippen LogP contribution in [-0.2, 0) is 19.1 Å². The molecule has 1 aliphatic heterocycles. The van der Waals surface area contributed by atoms with Crippen molar-refractivity contribution in [2.45, 2.75) is 32.5 Å². The van der Waals surface area contributed by atoms with E-state index in [2.05, 4.69) is 9.97 Å². The third kappa shape index (κ3) is 3.31. The van der Waals surface area contributed by atoms with Crippen LogP contribution in [0.3, 0.4) is 0 Å². The number of hydrogen-bond donors (Lipinski definition) is 0. The molecule has 0 saturated carbocycles. The average Bonchev–Trinajstić information content (AvgIpc) is 3.11. The molecule has 1 atom stereocenters. The zero-order valence-electron chi connectivity index (χ0n) is 13.3. The summed E-state index contributed by atoms with van der Waals surface area (Å²) < 4.78 is 39.8. The van der Waals surface area contributed by atoms with Crippen LogP contribution in [0.25, 0.3) is 0 Å². The fraction of sp³-hybridized carbons (Fsp3) is 0.533. The van der Waals surface area contributed by atoms with Gasteiger partial charge in [-0.05, 0) is 19.3 Å². The molecule has 3 heterocycles. The lowest BCUT2D eigenvalue weighted by Gasteiger charge is -2.28. The van der Waals surface area contributed by atoms with Crippen molar-refractivity contribution in [2.24, 2.45) is 5.92 Å². The van der Waals surface area contributed by atoms with Gasteiger partial charge in [0.15, 0.2) is 5.69 Å². The van der Waals surface area contributed by atoms with E-state index in [0.29, 0.717) is 42.3 Å². The van der Waals surface area contributed by atoms with Crippen LogP contribution < -0.4 is 0 Å². The number of nitrogens with zero attached hydrogens (tertiary/aromatic N) is 4. The number of thiazole rings is 1. The molecule has 24 heavy (non-hydrogen) atoms. The van der Waals surface area contributed by atoms with E-state index in [-0.39, 0.29) is 11.8 Å². The SMILES string of the molecule is Cc1ncsc1C(=O)N(C)C[C@@H]1CCc2nc(C(F)(F)F)cn2C1. The third-order valence-electron chi connectivity index (χ3n) is 4.20. The van der Waals surface area contributed by atoms with E-state index in [9.17, 15) is 18.0 Å². The summed E-state index contributed by atoms with van der Waals surface area (Å²) >= 11 is 1.30. The summed E-state index contributed by atoms with van der Waals surface area (Å²) in [4.78, 5) is 22.4. The van der Waals surface area contributed by atoms with Gasteiger partial charge in [-0.2, -0.15) is 13.2 Å². The number of hydrogen-bond acceptors (Lipinski definition) is 4. The lowest BCUT2D eigenvalue weighted by Crippen LogP contribution is -2.35. The largest absolute Gasteiger partial charge is 0.434 e. The second-order valence-corrected chi connectivity index (χ2v) is 6.90. The van der Waals surface area contributed by atoms with Crippen LogP contribution in [0.15, 0.2) is 11.7 Å². The Bertz CT molecular complexity index is 752. The molecule has 0 bridgehead atoms. The Morgan fingerprint density at radius 2 is 2.25 bits per heavy atom. The molecule has 0 unspecified atom stereocenters. The van der Waals surface area contributed by atoms with E-state index in [4.69, 9.17) is 0 Å². The van der Waals surface area contributed by atoms with Crippen LogP contribution in [0.5, 0.6) is 0 Å². The summed E-state index contributed by atoms with van der Waals surface area (Å²) in [5, 5.41) is 0. The highest BCUT2D eigenvalue weighted by Crippen LogP contribution is 2.31. The fourth-order valence-electron chi connectivity index (χ4n) is 2.95. The highest BCUT2D eigenvalue weighted by molar-refractivity contribution is 7.11. The smallest absolute Gasteiger partial charge is 0.341 e. The first-order chi connectivity index (χ1) is 11.3. The Labute approximate surface area is 141 Å². The maximum Gasteiger partial charge on any atom is 0.434 e. The minimum absolute atomic E-state index is 0.0950. The van der Waals surface area contributed by atoms with Gasteiger partial charge in [0.2, 0.25) is 0 Å². The van der Waals surface area contributed by atoms with Gasteiger partial charge >= 0.3 is 6.18 Å². The Hall–Kier alpha value is -1.90. The van der Waals surface area contributed by atoms with E-state index >= 15 is 0 Å². The highest BCUT2D eigenvalue weighted by Gasteiger charge is 2.36.